The smallest absolute Gasteiger partial charge is 0.352 e. The first-order valence-corrected chi connectivity index (χ1v) is 6.65. The van der Waals surface area contributed by atoms with Crippen molar-refractivity contribution in [3.05, 3.63) is 35.4 Å². The fraction of sp³-hybridized carbons (Fsp3) is 0.500. The minimum atomic E-state index is -4.43. The predicted molar refractivity (Wildman–Crippen MR) is 69.4 cm³/mol. The first-order valence-electron chi connectivity index (χ1n) is 6.65. The molecule has 0 spiro atoms. The van der Waals surface area contributed by atoms with Crippen molar-refractivity contribution in [2.45, 2.75) is 31.5 Å². The Morgan fingerprint density at radius 2 is 2.00 bits per heavy atom. The molecule has 1 amide bonds. The molecule has 1 aromatic carbocycles. The normalized spacial score (nSPS) is 15.2. The van der Waals surface area contributed by atoms with Gasteiger partial charge in [-0.3, -0.25) is 4.79 Å². The van der Waals surface area contributed by atoms with Crippen molar-refractivity contribution in [3.8, 4) is 0 Å². The Hall–Kier alpha value is -1.56. The summed E-state index contributed by atoms with van der Waals surface area (Å²) in [4.78, 5) is 11.7. The van der Waals surface area contributed by atoms with E-state index in [-0.39, 0.29) is 5.56 Å². The molecule has 6 heteroatoms. The first-order chi connectivity index (χ1) is 9.47. The Balaban J connectivity index is 1.79. The molecule has 1 saturated carbocycles. The number of benzene rings is 1. The van der Waals surface area contributed by atoms with Gasteiger partial charge in [0.1, 0.15) is 0 Å². The average Bonchev–Trinajstić information content (AvgIpc) is 3.21. The Kier molecular flexibility index (Phi) is 4.65. The van der Waals surface area contributed by atoms with Crippen molar-refractivity contribution in [1.82, 2.24) is 10.6 Å². The van der Waals surface area contributed by atoms with E-state index in [1.165, 1.54) is 25.0 Å². The van der Waals surface area contributed by atoms with Crippen LogP contribution in [0.25, 0.3) is 0 Å². The summed E-state index contributed by atoms with van der Waals surface area (Å²) >= 11 is 0. The maximum absolute atomic E-state index is 12.5. The summed E-state index contributed by atoms with van der Waals surface area (Å²) in [6.07, 6.45) is -1.25. The second kappa shape index (κ2) is 6.26. The van der Waals surface area contributed by atoms with Crippen LogP contribution in [-0.2, 0) is 6.18 Å². The number of hydrogen-bond donors (Lipinski definition) is 2. The van der Waals surface area contributed by atoms with Crippen molar-refractivity contribution >= 4 is 5.91 Å². The van der Waals surface area contributed by atoms with Crippen LogP contribution in [-0.4, -0.2) is 25.0 Å². The van der Waals surface area contributed by atoms with E-state index in [0.717, 1.165) is 25.1 Å². The Morgan fingerprint density at radius 1 is 1.25 bits per heavy atom. The van der Waals surface area contributed by atoms with E-state index in [1.807, 2.05) is 0 Å². The van der Waals surface area contributed by atoms with E-state index < -0.39 is 17.6 Å². The summed E-state index contributed by atoms with van der Waals surface area (Å²) < 4.78 is 37.6. The zero-order valence-electron chi connectivity index (χ0n) is 11.0. The van der Waals surface area contributed by atoms with Crippen molar-refractivity contribution in [1.29, 1.82) is 0 Å². The van der Waals surface area contributed by atoms with Crippen molar-refractivity contribution in [2.75, 3.05) is 13.1 Å². The molecule has 1 fully saturated rings. The molecule has 0 heterocycles. The van der Waals surface area contributed by atoms with Crippen molar-refractivity contribution in [2.24, 2.45) is 0 Å². The molecular formula is C14H17F3N2O. The molecule has 0 bridgehead atoms. The van der Waals surface area contributed by atoms with Gasteiger partial charge in [-0.2, -0.15) is 13.2 Å². The van der Waals surface area contributed by atoms with Gasteiger partial charge in [-0.25, -0.2) is 0 Å². The number of halogens is 3. The molecule has 2 N–H and O–H groups in total. The molecule has 0 saturated heterocycles. The van der Waals surface area contributed by atoms with Gasteiger partial charge in [-0.15, -0.1) is 0 Å². The zero-order valence-corrected chi connectivity index (χ0v) is 11.0. The van der Waals surface area contributed by atoms with Crippen LogP contribution in [0.1, 0.15) is 35.2 Å². The summed E-state index contributed by atoms with van der Waals surface area (Å²) in [6, 6.07) is 5.07. The van der Waals surface area contributed by atoms with Gasteiger partial charge in [0.15, 0.2) is 0 Å². The van der Waals surface area contributed by atoms with Gasteiger partial charge >= 0.3 is 6.18 Å². The summed E-state index contributed by atoms with van der Waals surface area (Å²) in [5, 5.41) is 5.92. The highest BCUT2D eigenvalue weighted by Gasteiger charge is 2.30. The lowest BCUT2D eigenvalue weighted by atomic mass is 10.1. The average molecular weight is 286 g/mol. The highest BCUT2D eigenvalue weighted by Crippen LogP contribution is 2.29. The Bertz CT molecular complexity index is 470. The molecule has 3 nitrogen and oxygen atoms in total. The fourth-order valence-electron chi connectivity index (χ4n) is 1.82. The number of rotatable bonds is 6. The molecule has 20 heavy (non-hydrogen) atoms. The fourth-order valence-corrected chi connectivity index (χ4v) is 1.82. The summed E-state index contributed by atoms with van der Waals surface area (Å²) in [5.41, 5.74) is -0.768. The van der Waals surface area contributed by atoms with Crippen LogP contribution in [0.3, 0.4) is 0 Å². The van der Waals surface area contributed by atoms with E-state index in [4.69, 9.17) is 0 Å². The first kappa shape index (κ1) is 14.8. The third-order valence-electron chi connectivity index (χ3n) is 3.10. The monoisotopic (exact) mass is 286 g/mol. The third-order valence-corrected chi connectivity index (χ3v) is 3.10. The van der Waals surface area contributed by atoms with Gasteiger partial charge < -0.3 is 10.6 Å². The lowest BCUT2D eigenvalue weighted by Crippen LogP contribution is -2.28. The molecule has 0 atom stereocenters. The largest absolute Gasteiger partial charge is 0.416 e. The summed E-state index contributed by atoms with van der Waals surface area (Å²) in [7, 11) is 0. The minimum absolute atomic E-state index is 0.0370. The predicted octanol–water partition coefficient (Wildman–Crippen LogP) is 2.58. The number of nitrogens with one attached hydrogen (secondary N) is 2. The van der Waals surface area contributed by atoms with Crippen LogP contribution < -0.4 is 10.6 Å². The topological polar surface area (TPSA) is 41.1 Å². The molecule has 0 unspecified atom stereocenters. The number of amides is 1. The molecule has 1 aliphatic rings. The SMILES string of the molecule is O=C(NCCCNC1CC1)c1cccc(C(F)(F)F)c1. The Labute approximate surface area is 115 Å². The number of alkyl halides is 3. The van der Waals surface area contributed by atoms with Gasteiger partial charge in [0, 0.05) is 18.2 Å². The summed E-state index contributed by atoms with van der Waals surface area (Å²) in [6.45, 7) is 1.27. The van der Waals surface area contributed by atoms with Crippen LogP contribution in [0, 0.1) is 0 Å². The molecule has 0 aliphatic heterocycles. The van der Waals surface area contributed by atoms with Gasteiger partial charge in [-0.1, -0.05) is 6.07 Å². The highest BCUT2D eigenvalue weighted by molar-refractivity contribution is 5.94. The lowest BCUT2D eigenvalue weighted by molar-refractivity contribution is -0.137. The second-order valence-electron chi connectivity index (χ2n) is 4.92. The third kappa shape index (κ3) is 4.52. The second-order valence-corrected chi connectivity index (χ2v) is 4.92. The molecule has 1 aliphatic carbocycles. The Morgan fingerprint density at radius 3 is 2.65 bits per heavy atom. The van der Waals surface area contributed by atoms with Crippen molar-refractivity contribution in [3.63, 3.8) is 0 Å². The quantitative estimate of drug-likeness (QED) is 0.789. The van der Waals surface area contributed by atoms with Crippen LogP contribution >= 0.6 is 0 Å². The van der Waals surface area contributed by atoms with Gasteiger partial charge in [-0.05, 0) is 44.0 Å². The number of carbonyl (C=O) groups excluding carboxylic acids is 1. The molecule has 1 aromatic rings. The van der Waals surface area contributed by atoms with Gasteiger partial charge in [0.05, 0.1) is 5.56 Å². The van der Waals surface area contributed by atoms with Crippen LogP contribution in [0.4, 0.5) is 13.2 Å². The zero-order chi connectivity index (χ0) is 14.6. The van der Waals surface area contributed by atoms with E-state index >= 15 is 0 Å². The van der Waals surface area contributed by atoms with Gasteiger partial charge in [0.25, 0.3) is 5.91 Å². The van der Waals surface area contributed by atoms with E-state index in [9.17, 15) is 18.0 Å². The summed E-state index contributed by atoms with van der Waals surface area (Å²) in [5.74, 6) is -0.470. The molecule has 0 radical (unpaired) electrons. The lowest BCUT2D eigenvalue weighted by Gasteiger charge is -2.09. The maximum atomic E-state index is 12.5. The molecule has 2 rings (SSSR count). The molecule has 0 aromatic heterocycles. The van der Waals surface area contributed by atoms with E-state index in [0.29, 0.717) is 12.6 Å². The van der Waals surface area contributed by atoms with Crippen LogP contribution in [0.2, 0.25) is 0 Å². The molecule has 110 valence electrons. The number of hydrogen-bond acceptors (Lipinski definition) is 2. The van der Waals surface area contributed by atoms with Crippen LogP contribution in [0.15, 0.2) is 24.3 Å². The van der Waals surface area contributed by atoms with Crippen molar-refractivity contribution < 1.29 is 18.0 Å². The number of carbonyl (C=O) groups is 1. The van der Waals surface area contributed by atoms with E-state index in [2.05, 4.69) is 10.6 Å². The van der Waals surface area contributed by atoms with Gasteiger partial charge in [0.2, 0.25) is 0 Å². The highest BCUT2D eigenvalue weighted by atomic mass is 19.4. The minimum Gasteiger partial charge on any atom is -0.352 e. The van der Waals surface area contributed by atoms with E-state index in [1.54, 1.807) is 0 Å². The maximum Gasteiger partial charge on any atom is 0.416 e. The molecular weight excluding hydrogens is 269 g/mol. The standard InChI is InChI=1S/C14H17F3N2O/c15-14(16,17)11-4-1-3-10(9-11)13(20)19-8-2-7-18-12-5-6-12/h1,3-4,9,12,18H,2,5-8H2,(H,19,20). The van der Waals surface area contributed by atoms with Crippen LogP contribution in [0.5, 0.6) is 0 Å².